The van der Waals surface area contributed by atoms with Gasteiger partial charge in [-0.05, 0) is 0 Å². The van der Waals surface area contributed by atoms with E-state index in [1.54, 1.807) is 0 Å². The molecule has 2 saturated heterocycles. The van der Waals surface area contributed by atoms with Crippen molar-refractivity contribution in [2.45, 2.75) is 64.8 Å². The molecule has 2 N–H and O–H groups in total. The molecule has 0 saturated carbocycles. The molecule has 0 aromatic rings. The third kappa shape index (κ3) is 6.04. The molecule has 3 amide bonds. The summed E-state index contributed by atoms with van der Waals surface area (Å²) in [5.41, 5.74) is 0. The zero-order valence-corrected chi connectivity index (χ0v) is 16.6. The lowest BCUT2D eigenvalue weighted by atomic mass is 10.1. The summed E-state index contributed by atoms with van der Waals surface area (Å²) in [6.45, 7) is 4.80. The summed E-state index contributed by atoms with van der Waals surface area (Å²) < 4.78 is 21.3. The van der Waals surface area contributed by atoms with Crippen molar-refractivity contribution in [3.63, 3.8) is 0 Å². The molecule has 2 fully saturated rings. The average Bonchev–Trinajstić information content (AvgIpc) is 2.89. The fraction of sp³-hybridized carbons (Fsp3) is 0.706. The first-order valence-corrected chi connectivity index (χ1v) is 9.06. The normalized spacial score (nSPS) is 28.9. The highest BCUT2D eigenvalue weighted by Crippen LogP contribution is 2.31. The van der Waals surface area contributed by atoms with Gasteiger partial charge in [0.05, 0.1) is 0 Å². The molecular formula is C17H25N3O9. The lowest BCUT2D eigenvalue weighted by molar-refractivity contribution is -0.167. The number of hydrogen-bond donors (Lipinski definition) is 2. The summed E-state index contributed by atoms with van der Waals surface area (Å²) in [5, 5.41) is 5.20. The Bertz CT molecular complexity index is 683. The molecule has 0 radical (unpaired) electrons. The summed E-state index contributed by atoms with van der Waals surface area (Å²) in [5.74, 6) is -2.19. The topological polar surface area (TPSA) is 150 Å². The highest BCUT2D eigenvalue weighted by atomic mass is 16.7. The fourth-order valence-electron chi connectivity index (χ4n) is 3.21. The molecule has 5 unspecified atom stereocenters. The zero-order valence-electron chi connectivity index (χ0n) is 16.6. The van der Waals surface area contributed by atoms with E-state index in [1.807, 2.05) is 0 Å². The molecule has 12 nitrogen and oxygen atoms in total. The van der Waals surface area contributed by atoms with Gasteiger partial charge in [0, 0.05) is 40.7 Å². The van der Waals surface area contributed by atoms with Crippen molar-refractivity contribution in [2.75, 3.05) is 13.2 Å². The monoisotopic (exact) mass is 415 g/mol. The highest BCUT2D eigenvalue weighted by molar-refractivity contribution is 5.78. The van der Waals surface area contributed by atoms with E-state index in [0.717, 1.165) is 0 Å². The summed E-state index contributed by atoms with van der Waals surface area (Å²) in [7, 11) is 0. The van der Waals surface area contributed by atoms with Crippen LogP contribution in [0.15, 0.2) is 0 Å². The Morgan fingerprint density at radius 1 is 1.07 bits per heavy atom. The number of nitrogens with one attached hydrogen (secondary N) is 2. The van der Waals surface area contributed by atoms with Crippen molar-refractivity contribution in [1.29, 1.82) is 0 Å². The molecule has 2 heterocycles. The second-order valence-electron chi connectivity index (χ2n) is 6.70. The second-order valence-corrected chi connectivity index (χ2v) is 6.70. The van der Waals surface area contributed by atoms with E-state index in [-0.39, 0.29) is 19.1 Å². The first-order chi connectivity index (χ1) is 13.6. The molecule has 0 aliphatic carbocycles. The van der Waals surface area contributed by atoms with Crippen LogP contribution in [0.5, 0.6) is 0 Å². The van der Waals surface area contributed by atoms with Crippen LogP contribution < -0.4 is 10.6 Å². The lowest BCUT2D eigenvalue weighted by Crippen LogP contribution is -2.62. The molecular weight excluding hydrogens is 390 g/mol. The van der Waals surface area contributed by atoms with Gasteiger partial charge in [0.25, 0.3) is 0 Å². The number of carbonyl (C=O) groups excluding carboxylic acids is 5. The standard InChI is InChI=1S/C17H25N3O9/c1-8(21)18-13-5-6-20(17(25)19-13)16-15(28-11(4)24)14(27-10(3)23)12(29-16)7-26-9(2)22/h12-16H,5-7H2,1-4H3,(H,18,21)(H,19,25). The van der Waals surface area contributed by atoms with Gasteiger partial charge in [0.2, 0.25) is 5.91 Å². The number of urea groups is 1. The molecule has 2 aliphatic rings. The van der Waals surface area contributed by atoms with Crippen LogP contribution in [-0.2, 0) is 38.1 Å². The minimum Gasteiger partial charge on any atom is -0.463 e. The van der Waals surface area contributed by atoms with Gasteiger partial charge in [-0.25, -0.2) is 4.79 Å². The van der Waals surface area contributed by atoms with E-state index in [1.165, 1.54) is 32.6 Å². The van der Waals surface area contributed by atoms with Gasteiger partial charge in [0.1, 0.15) is 18.9 Å². The smallest absolute Gasteiger partial charge is 0.321 e. The van der Waals surface area contributed by atoms with Gasteiger partial charge < -0.3 is 29.6 Å². The Labute approximate surface area is 167 Å². The molecule has 0 bridgehead atoms. The Morgan fingerprint density at radius 3 is 2.21 bits per heavy atom. The quantitative estimate of drug-likeness (QED) is 0.412. The Hall–Kier alpha value is -2.89. The highest BCUT2D eigenvalue weighted by Gasteiger charge is 2.53. The van der Waals surface area contributed by atoms with Crippen molar-refractivity contribution < 1.29 is 42.9 Å². The van der Waals surface area contributed by atoms with Gasteiger partial charge in [0.15, 0.2) is 18.4 Å². The number of carbonyl (C=O) groups is 5. The summed E-state index contributed by atoms with van der Waals surface area (Å²) in [4.78, 5) is 59.4. The van der Waals surface area contributed by atoms with E-state index < -0.39 is 54.6 Å². The van der Waals surface area contributed by atoms with Crippen LogP contribution in [0.1, 0.15) is 34.1 Å². The summed E-state index contributed by atoms with van der Waals surface area (Å²) in [6, 6.07) is -0.563. The predicted molar refractivity (Wildman–Crippen MR) is 93.9 cm³/mol. The minimum absolute atomic E-state index is 0.173. The van der Waals surface area contributed by atoms with Crippen LogP contribution in [0.3, 0.4) is 0 Å². The maximum Gasteiger partial charge on any atom is 0.321 e. The Balaban J connectivity index is 2.21. The molecule has 0 aromatic heterocycles. The Morgan fingerprint density at radius 2 is 1.69 bits per heavy atom. The molecule has 29 heavy (non-hydrogen) atoms. The van der Waals surface area contributed by atoms with E-state index in [4.69, 9.17) is 18.9 Å². The summed E-state index contributed by atoms with van der Waals surface area (Å²) in [6.07, 6.45) is -4.42. The molecule has 12 heteroatoms. The van der Waals surface area contributed by atoms with E-state index in [0.29, 0.717) is 6.42 Å². The van der Waals surface area contributed by atoms with Gasteiger partial charge in [-0.1, -0.05) is 0 Å². The zero-order chi connectivity index (χ0) is 21.7. The number of ether oxygens (including phenoxy) is 4. The maximum atomic E-state index is 12.6. The van der Waals surface area contributed by atoms with Gasteiger partial charge >= 0.3 is 23.9 Å². The maximum absolute atomic E-state index is 12.6. The fourth-order valence-corrected chi connectivity index (χ4v) is 3.21. The SMILES string of the molecule is CC(=O)NC1CCN(C2OC(COC(C)=O)C(OC(C)=O)C2OC(C)=O)C(=O)N1. The van der Waals surface area contributed by atoms with Crippen LogP contribution in [0.25, 0.3) is 0 Å². The Kier molecular flexibility index (Phi) is 7.37. The van der Waals surface area contributed by atoms with Gasteiger partial charge in [-0.3, -0.25) is 24.1 Å². The largest absolute Gasteiger partial charge is 0.463 e. The van der Waals surface area contributed by atoms with Gasteiger partial charge in [-0.15, -0.1) is 0 Å². The molecule has 162 valence electrons. The molecule has 5 atom stereocenters. The summed E-state index contributed by atoms with van der Waals surface area (Å²) >= 11 is 0. The van der Waals surface area contributed by atoms with Crippen LogP contribution >= 0.6 is 0 Å². The predicted octanol–water partition coefficient (Wildman–Crippen LogP) is -0.985. The van der Waals surface area contributed by atoms with Crippen LogP contribution in [0.4, 0.5) is 4.79 Å². The first-order valence-electron chi connectivity index (χ1n) is 9.06. The third-order valence-electron chi connectivity index (χ3n) is 4.24. The van der Waals surface area contributed by atoms with Crippen LogP contribution in [0.2, 0.25) is 0 Å². The molecule has 2 aliphatic heterocycles. The number of nitrogens with zero attached hydrogens (tertiary/aromatic N) is 1. The minimum atomic E-state index is -1.12. The van der Waals surface area contributed by atoms with Crippen LogP contribution in [-0.4, -0.2) is 78.6 Å². The number of hydrogen-bond acceptors (Lipinski definition) is 9. The average molecular weight is 415 g/mol. The number of amides is 3. The van der Waals surface area contributed by atoms with Crippen molar-refractivity contribution in [2.24, 2.45) is 0 Å². The van der Waals surface area contributed by atoms with E-state index >= 15 is 0 Å². The molecule has 0 spiro atoms. The van der Waals surface area contributed by atoms with Crippen molar-refractivity contribution in [3.8, 4) is 0 Å². The van der Waals surface area contributed by atoms with Crippen molar-refractivity contribution >= 4 is 29.8 Å². The molecule has 2 rings (SSSR count). The third-order valence-corrected chi connectivity index (χ3v) is 4.24. The first kappa shape index (κ1) is 22.4. The second kappa shape index (κ2) is 9.54. The molecule has 0 aromatic carbocycles. The van der Waals surface area contributed by atoms with Crippen molar-refractivity contribution in [1.82, 2.24) is 15.5 Å². The number of esters is 3. The van der Waals surface area contributed by atoms with Crippen LogP contribution in [0, 0.1) is 0 Å². The van der Waals surface area contributed by atoms with Gasteiger partial charge in [-0.2, -0.15) is 0 Å². The lowest BCUT2D eigenvalue weighted by Gasteiger charge is -2.37. The number of rotatable bonds is 6. The van der Waals surface area contributed by atoms with E-state index in [9.17, 15) is 24.0 Å². The van der Waals surface area contributed by atoms with Crippen molar-refractivity contribution in [3.05, 3.63) is 0 Å². The van der Waals surface area contributed by atoms with E-state index in [2.05, 4.69) is 10.6 Å².